The third-order valence-electron chi connectivity index (χ3n) is 5.09. The summed E-state index contributed by atoms with van der Waals surface area (Å²) < 4.78 is 5.77. The summed E-state index contributed by atoms with van der Waals surface area (Å²) in [4.78, 5) is 36.4. The van der Waals surface area contributed by atoms with Crippen LogP contribution in [0.1, 0.15) is 27.0 Å². The molecule has 0 aliphatic rings. The molecular formula is C25H22BrN3O5. The molecule has 0 bridgehead atoms. The van der Waals surface area contributed by atoms with Crippen LogP contribution in [-0.4, -0.2) is 23.8 Å². The maximum atomic E-state index is 13.1. The first-order chi connectivity index (χ1) is 16.2. The number of hydrogen-bond acceptors (Lipinski definition) is 5. The van der Waals surface area contributed by atoms with Gasteiger partial charge in [-0.15, -0.1) is 0 Å². The van der Waals surface area contributed by atoms with Gasteiger partial charge >= 0.3 is 0 Å². The number of nitro groups is 1. The fourth-order valence-corrected chi connectivity index (χ4v) is 3.58. The maximum Gasteiger partial charge on any atom is 0.272 e. The predicted molar refractivity (Wildman–Crippen MR) is 134 cm³/mol. The minimum atomic E-state index is -0.539. The Labute approximate surface area is 204 Å². The third-order valence-corrected chi connectivity index (χ3v) is 5.71. The summed E-state index contributed by atoms with van der Waals surface area (Å²) in [6.07, 6.45) is 1.45. The van der Waals surface area contributed by atoms with E-state index in [-0.39, 0.29) is 11.4 Å². The van der Waals surface area contributed by atoms with Crippen molar-refractivity contribution < 1.29 is 19.2 Å². The zero-order chi connectivity index (χ0) is 24.8. The van der Waals surface area contributed by atoms with E-state index in [9.17, 15) is 19.7 Å². The summed E-state index contributed by atoms with van der Waals surface area (Å²) in [6, 6.07) is 15.9. The molecule has 2 amide bonds. The number of nitrogens with zero attached hydrogens (tertiary/aromatic N) is 1. The fourth-order valence-electron chi connectivity index (χ4n) is 3.04. The molecule has 8 nitrogen and oxygen atoms in total. The largest absolute Gasteiger partial charge is 0.496 e. The molecule has 0 saturated heterocycles. The van der Waals surface area contributed by atoms with E-state index in [2.05, 4.69) is 26.6 Å². The average Bonchev–Trinajstić information content (AvgIpc) is 2.81. The van der Waals surface area contributed by atoms with Crippen molar-refractivity contribution in [3.05, 3.63) is 103 Å². The molecule has 3 rings (SSSR count). The average molecular weight is 524 g/mol. The number of nitrogens with one attached hydrogen (secondary N) is 2. The molecule has 34 heavy (non-hydrogen) atoms. The fraction of sp³-hybridized carbons (Fsp3) is 0.120. The molecule has 3 aromatic rings. The Morgan fingerprint density at radius 2 is 1.71 bits per heavy atom. The summed E-state index contributed by atoms with van der Waals surface area (Å²) in [5, 5.41) is 16.4. The number of rotatable bonds is 7. The zero-order valence-electron chi connectivity index (χ0n) is 18.7. The smallest absolute Gasteiger partial charge is 0.272 e. The molecule has 0 aromatic heterocycles. The van der Waals surface area contributed by atoms with Crippen LogP contribution in [-0.2, 0) is 4.79 Å². The van der Waals surface area contributed by atoms with E-state index in [0.717, 1.165) is 11.1 Å². The summed E-state index contributed by atoms with van der Waals surface area (Å²) in [5.41, 5.74) is 3.37. The number of anilines is 1. The number of aryl methyl sites for hydroxylation is 2. The Morgan fingerprint density at radius 1 is 1.00 bits per heavy atom. The van der Waals surface area contributed by atoms with Gasteiger partial charge in [0.15, 0.2) is 0 Å². The van der Waals surface area contributed by atoms with Gasteiger partial charge in [-0.1, -0.05) is 6.07 Å². The lowest BCUT2D eigenvalue weighted by Gasteiger charge is -2.13. The van der Waals surface area contributed by atoms with Crippen molar-refractivity contribution in [2.45, 2.75) is 13.8 Å². The molecule has 0 spiro atoms. The molecule has 0 heterocycles. The number of non-ortho nitro benzene ring substituents is 1. The van der Waals surface area contributed by atoms with E-state index < -0.39 is 16.7 Å². The Bertz CT molecular complexity index is 1290. The first-order valence-electron chi connectivity index (χ1n) is 10.2. The minimum Gasteiger partial charge on any atom is -0.496 e. The minimum absolute atomic E-state index is 0.0241. The summed E-state index contributed by atoms with van der Waals surface area (Å²) in [7, 11) is 1.52. The van der Waals surface area contributed by atoms with Crippen LogP contribution in [0.5, 0.6) is 5.75 Å². The van der Waals surface area contributed by atoms with Crippen LogP contribution in [0, 0.1) is 24.0 Å². The summed E-state index contributed by atoms with van der Waals surface area (Å²) in [6.45, 7) is 3.90. The van der Waals surface area contributed by atoms with Crippen molar-refractivity contribution in [2.24, 2.45) is 0 Å². The van der Waals surface area contributed by atoms with Crippen molar-refractivity contribution in [2.75, 3.05) is 12.4 Å². The van der Waals surface area contributed by atoms with E-state index in [4.69, 9.17) is 4.74 Å². The Balaban J connectivity index is 1.92. The Morgan fingerprint density at radius 3 is 2.29 bits per heavy atom. The number of benzene rings is 3. The Hall–Kier alpha value is -3.98. The van der Waals surface area contributed by atoms with Crippen molar-refractivity contribution in [3.63, 3.8) is 0 Å². The SMILES string of the molecule is COc1ccc(C(=O)N/C(=C\c2ccc([N+](=O)[O-])cc2)C(=O)Nc2ccc(C)c(C)c2)cc1Br. The number of amides is 2. The second kappa shape index (κ2) is 10.8. The molecule has 0 saturated carbocycles. The van der Waals surface area contributed by atoms with Gasteiger partial charge in [0.05, 0.1) is 16.5 Å². The van der Waals surface area contributed by atoms with Gasteiger partial charge in [-0.3, -0.25) is 19.7 Å². The van der Waals surface area contributed by atoms with Gasteiger partial charge in [0.25, 0.3) is 17.5 Å². The lowest BCUT2D eigenvalue weighted by atomic mass is 10.1. The molecule has 0 fully saturated rings. The topological polar surface area (TPSA) is 111 Å². The number of carbonyl (C=O) groups excluding carboxylic acids is 2. The number of hydrogen-bond donors (Lipinski definition) is 2. The van der Waals surface area contributed by atoms with E-state index in [1.165, 1.54) is 37.5 Å². The highest BCUT2D eigenvalue weighted by atomic mass is 79.9. The summed E-state index contributed by atoms with van der Waals surface area (Å²) in [5.74, 6) is -0.486. The van der Waals surface area contributed by atoms with Crippen LogP contribution in [0.25, 0.3) is 6.08 Å². The van der Waals surface area contributed by atoms with Gasteiger partial charge in [0.1, 0.15) is 11.4 Å². The van der Waals surface area contributed by atoms with Gasteiger partial charge in [0, 0.05) is 23.4 Å². The van der Waals surface area contributed by atoms with Gasteiger partial charge in [0.2, 0.25) is 0 Å². The van der Waals surface area contributed by atoms with Gasteiger partial charge in [-0.25, -0.2) is 0 Å². The lowest BCUT2D eigenvalue weighted by Crippen LogP contribution is -2.30. The monoisotopic (exact) mass is 523 g/mol. The van der Waals surface area contributed by atoms with E-state index in [1.807, 2.05) is 26.0 Å². The molecule has 0 aliphatic carbocycles. The second-order valence-corrected chi connectivity index (χ2v) is 8.32. The molecule has 0 aliphatic heterocycles. The molecule has 9 heteroatoms. The van der Waals surface area contributed by atoms with Crippen LogP contribution in [0.2, 0.25) is 0 Å². The van der Waals surface area contributed by atoms with E-state index in [1.54, 1.807) is 24.3 Å². The first kappa shape index (κ1) is 24.7. The van der Waals surface area contributed by atoms with E-state index in [0.29, 0.717) is 27.0 Å². The number of ether oxygens (including phenoxy) is 1. The number of nitro benzene ring substituents is 1. The Kier molecular flexibility index (Phi) is 7.80. The van der Waals surface area contributed by atoms with Gasteiger partial charge < -0.3 is 15.4 Å². The van der Waals surface area contributed by atoms with Crippen LogP contribution < -0.4 is 15.4 Å². The summed E-state index contributed by atoms with van der Waals surface area (Å²) >= 11 is 3.35. The maximum absolute atomic E-state index is 13.1. The van der Waals surface area contributed by atoms with Gasteiger partial charge in [-0.05, 0) is 95.0 Å². The quantitative estimate of drug-likeness (QED) is 0.245. The molecular weight excluding hydrogens is 502 g/mol. The standard InChI is InChI=1S/C25H22BrN3O5/c1-15-4-8-19(12-16(15)2)27-25(31)22(13-17-5-9-20(10-6-17)29(32)33)28-24(30)18-7-11-23(34-3)21(26)14-18/h4-14H,1-3H3,(H,27,31)(H,28,30)/b22-13-. The van der Waals surface area contributed by atoms with Crippen LogP contribution in [0.15, 0.2) is 70.8 Å². The number of methoxy groups -OCH3 is 1. The highest BCUT2D eigenvalue weighted by molar-refractivity contribution is 9.10. The number of halogens is 1. The lowest BCUT2D eigenvalue weighted by molar-refractivity contribution is -0.384. The zero-order valence-corrected chi connectivity index (χ0v) is 20.3. The van der Waals surface area contributed by atoms with Crippen molar-refractivity contribution >= 4 is 45.2 Å². The first-order valence-corrected chi connectivity index (χ1v) is 11.0. The second-order valence-electron chi connectivity index (χ2n) is 7.46. The van der Waals surface area contributed by atoms with Crippen molar-refractivity contribution in [3.8, 4) is 5.75 Å². The predicted octanol–water partition coefficient (Wildman–Crippen LogP) is 5.39. The van der Waals surface area contributed by atoms with Crippen molar-refractivity contribution in [1.82, 2.24) is 5.32 Å². The molecule has 2 N–H and O–H groups in total. The normalized spacial score (nSPS) is 11.0. The van der Waals surface area contributed by atoms with E-state index >= 15 is 0 Å². The molecule has 0 atom stereocenters. The highest BCUT2D eigenvalue weighted by Gasteiger charge is 2.17. The van der Waals surface area contributed by atoms with Gasteiger partial charge in [-0.2, -0.15) is 0 Å². The molecule has 0 unspecified atom stereocenters. The van der Waals surface area contributed by atoms with Crippen molar-refractivity contribution in [1.29, 1.82) is 0 Å². The molecule has 3 aromatic carbocycles. The molecule has 174 valence electrons. The van der Waals surface area contributed by atoms with Crippen LogP contribution in [0.3, 0.4) is 0 Å². The highest BCUT2D eigenvalue weighted by Crippen LogP contribution is 2.25. The van der Waals surface area contributed by atoms with Crippen LogP contribution in [0.4, 0.5) is 11.4 Å². The number of carbonyl (C=O) groups is 2. The van der Waals surface area contributed by atoms with Crippen LogP contribution >= 0.6 is 15.9 Å². The third kappa shape index (κ3) is 6.08. The molecule has 0 radical (unpaired) electrons.